The van der Waals surface area contributed by atoms with Crippen LogP contribution in [0.5, 0.6) is 0 Å². The molecule has 0 radical (unpaired) electrons. The van der Waals surface area contributed by atoms with Gasteiger partial charge in [-0.2, -0.15) is 0 Å². The predicted octanol–water partition coefficient (Wildman–Crippen LogP) is 3.86. The SMILES string of the molecule is CCNC(=O)Nc1nc2cc(-c3cc[nH]c(=O)c3)cc(-c3ccccn3)c2s1. The van der Waals surface area contributed by atoms with Crippen LogP contribution in [0, 0.1) is 0 Å². The van der Waals surface area contributed by atoms with Crippen molar-refractivity contribution < 1.29 is 4.79 Å². The first kappa shape index (κ1) is 17.9. The molecule has 8 heteroatoms. The van der Waals surface area contributed by atoms with Gasteiger partial charge in [0, 0.05) is 30.6 Å². The lowest BCUT2D eigenvalue weighted by Crippen LogP contribution is -2.28. The fraction of sp³-hybridized carbons (Fsp3) is 0.100. The lowest BCUT2D eigenvalue weighted by molar-refractivity contribution is 0.252. The highest BCUT2D eigenvalue weighted by atomic mass is 32.1. The van der Waals surface area contributed by atoms with Crippen LogP contribution in [0.15, 0.2) is 59.7 Å². The molecule has 140 valence electrons. The molecule has 0 aliphatic carbocycles. The van der Waals surface area contributed by atoms with E-state index in [-0.39, 0.29) is 11.6 Å². The second kappa shape index (κ2) is 7.61. The molecule has 3 N–H and O–H groups in total. The lowest BCUT2D eigenvalue weighted by Gasteiger charge is -2.06. The summed E-state index contributed by atoms with van der Waals surface area (Å²) in [6.07, 6.45) is 3.35. The van der Waals surface area contributed by atoms with Crippen LogP contribution in [-0.2, 0) is 0 Å². The van der Waals surface area contributed by atoms with E-state index < -0.39 is 0 Å². The zero-order valence-electron chi connectivity index (χ0n) is 15.0. The van der Waals surface area contributed by atoms with Crippen LogP contribution in [0.4, 0.5) is 9.93 Å². The minimum absolute atomic E-state index is 0.172. The summed E-state index contributed by atoms with van der Waals surface area (Å²) in [4.78, 5) is 35.2. The number of nitrogens with zero attached hydrogens (tertiary/aromatic N) is 2. The first-order chi connectivity index (χ1) is 13.6. The van der Waals surface area contributed by atoms with Gasteiger partial charge in [-0.25, -0.2) is 9.78 Å². The van der Waals surface area contributed by atoms with Crippen molar-refractivity contribution in [3.8, 4) is 22.4 Å². The van der Waals surface area contributed by atoms with Gasteiger partial charge in [-0.15, -0.1) is 0 Å². The summed E-state index contributed by atoms with van der Waals surface area (Å²) >= 11 is 1.39. The van der Waals surface area contributed by atoms with Gasteiger partial charge >= 0.3 is 6.03 Å². The first-order valence-corrected chi connectivity index (χ1v) is 9.55. The fourth-order valence-electron chi connectivity index (χ4n) is 2.89. The maximum Gasteiger partial charge on any atom is 0.321 e. The van der Waals surface area contributed by atoms with Gasteiger partial charge in [0.05, 0.1) is 15.9 Å². The number of anilines is 1. The van der Waals surface area contributed by atoms with Crippen LogP contribution < -0.4 is 16.2 Å². The number of carbonyl (C=O) groups excluding carboxylic acids is 1. The minimum atomic E-state index is -0.296. The second-order valence-electron chi connectivity index (χ2n) is 6.03. The van der Waals surface area contributed by atoms with Crippen molar-refractivity contribution in [1.82, 2.24) is 20.3 Å². The van der Waals surface area contributed by atoms with E-state index in [4.69, 9.17) is 0 Å². The maximum atomic E-state index is 11.9. The van der Waals surface area contributed by atoms with Gasteiger partial charge in [0.15, 0.2) is 5.13 Å². The molecule has 0 unspecified atom stereocenters. The molecular weight excluding hydrogens is 374 g/mol. The summed E-state index contributed by atoms with van der Waals surface area (Å²) in [6, 6.07) is 12.7. The Bertz CT molecular complexity index is 1200. The van der Waals surface area contributed by atoms with E-state index >= 15 is 0 Å². The van der Waals surface area contributed by atoms with Gasteiger partial charge in [0.25, 0.3) is 0 Å². The molecule has 0 saturated heterocycles. The molecule has 0 bridgehead atoms. The van der Waals surface area contributed by atoms with Gasteiger partial charge in [-0.3, -0.25) is 15.1 Å². The Balaban J connectivity index is 1.88. The summed E-state index contributed by atoms with van der Waals surface area (Å²) in [5.41, 5.74) is 3.90. The largest absolute Gasteiger partial charge is 0.338 e. The third kappa shape index (κ3) is 3.63. The van der Waals surface area contributed by atoms with Crippen molar-refractivity contribution >= 4 is 32.7 Å². The van der Waals surface area contributed by atoms with E-state index in [0.717, 1.165) is 32.6 Å². The summed E-state index contributed by atoms with van der Waals surface area (Å²) < 4.78 is 0.916. The van der Waals surface area contributed by atoms with Gasteiger partial charge in [0.2, 0.25) is 5.56 Å². The normalized spacial score (nSPS) is 10.8. The number of rotatable bonds is 4. The lowest BCUT2D eigenvalue weighted by atomic mass is 10.0. The van der Waals surface area contributed by atoms with Crippen LogP contribution in [0.3, 0.4) is 0 Å². The molecule has 1 aromatic carbocycles. The van der Waals surface area contributed by atoms with Crippen molar-refractivity contribution in [3.05, 3.63) is 65.2 Å². The van der Waals surface area contributed by atoms with Crippen LogP contribution in [0.1, 0.15) is 6.92 Å². The number of nitrogens with one attached hydrogen (secondary N) is 3. The molecule has 0 saturated carbocycles. The molecule has 0 fully saturated rings. The smallest absolute Gasteiger partial charge is 0.321 e. The van der Waals surface area contributed by atoms with Crippen LogP contribution in [0.25, 0.3) is 32.6 Å². The number of amides is 2. The number of aromatic amines is 1. The molecule has 2 amide bonds. The third-order valence-electron chi connectivity index (χ3n) is 4.10. The second-order valence-corrected chi connectivity index (χ2v) is 7.03. The minimum Gasteiger partial charge on any atom is -0.338 e. The molecule has 7 nitrogen and oxygen atoms in total. The van der Waals surface area contributed by atoms with Crippen LogP contribution >= 0.6 is 11.3 Å². The maximum absolute atomic E-state index is 11.9. The zero-order valence-corrected chi connectivity index (χ0v) is 15.8. The molecule has 0 atom stereocenters. The average Bonchev–Trinajstić information content (AvgIpc) is 3.10. The van der Waals surface area contributed by atoms with Crippen molar-refractivity contribution in [1.29, 1.82) is 0 Å². The molecule has 3 aromatic heterocycles. The fourth-order valence-corrected chi connectivity index (χ4v) is 3.85. The number of pyridine rings is 2. The summed E-state index contributed by atoms with van der Waals surface area (Å²) in [5, 5.41) is 5.96. The molecule has 0 spiro atoms. The number of H-pyrrole nitrogens is 1. The number of hydrogen-bond acceptors (Lipinski definition) is 5. The predicted molar refractivity (Wildman–Crippen MR) is 112 cm³/mol. The van der Waals surface area contributed by atoms with E-state index in [1.54, 1.807) is 18.5 Å². The van der Waals surface area contributed by atoms with Gasteiger partial charge < -0.3 is 10.3 Å². The topological polar surface area (TPSA) is 99.8 Å². The highest BCUT2D eigenvalue weighted by molar-refractivity contribution is 7.22. The van der Waals surface area contributed by atoms with Crippen molar-refractivity contribution in [2.24, 2.45) is 0 Å². The molecule has 28 heavy (non-hydrogen) atoms. The number of benzene rings is 1. The number of thiazole rings is 1. The first-order valence-electron chi connectivity index (χ1n) is 8.74. The zero-order chi connectivity index (χ0) is 19.5. The molecule has 0 aliphatic heterocycles. The number of fused-ring (bicyclic) bond motifs is 1. The van der Waals surface area contributed by atoms with Crippen molar-refractivity contribution in [3.63, 3.8) is 0 Å². The number of carbonyl (C=O) groups is 1. The van der Waals surface area contributed by atoms with Crippen LogP contribution in [0.2, 0.25) is 0 Å². The molecule has 3 heterocycles. The van der Waals surface area contributed by atoms with Gasteiger partial charge in [0.1, 0.15) is 0 Å². The molecular formula is C20H17N5O2S. The Morgan fingerprint density at radius 1 is 1.18 bits per heavy atom. The quantitative estimate of drug-likeness (QED) is 0.492. The Hall–Kier alpha value is -3.52. The summed E-state index contributed by atoms with van der Waals surface area (Å²) in [6.45, 7) is 2.38. The van der Waals surface area contributed by atoms with E-state index in [0.29, 0.717) is 11.7 Å². The summed E-state index contributed by atoms with van der Waals surface area (Å²) in [7, 11) is 0. The van der Waals surface area contributed by atoms with E-state index in [1.807, 2.05) is 43.3 Å². The number of hydrogen-bond donors (Lipinski definition) is 3. The average molecular weight is 391 g/mol. The van der Waals surface area contributed by atoms with E-state index in [9.17, 15) is 9.59 Å². The Kier molecular flexibility index (Phi) is 4.86. The van der Waals surface area contributed by atoms with Crippen molar-refractivity contribution in [2.75, 3.05) is 11.9 Å². The monoisotopic (exact) mass is 391 g/mol. The Morgan fingerprint density at radius 2 is 2.07 bits per heavy atom. The standard InChI is InChI=1S/C20H17N5O2S/c1-2-21-19(27)25-20-24-16-10-13(12-6-8-23-17(26)11-12)9-14(18(16)28-20)15-5-3-4-7-22-15/h3-11H,2H2,1H3,(H,23,26)(H2,21,24,25,27). The molecule has 4 aromatic rings. The number of aromatic nitrogens is 3. The van der Waals surface area contributed by atoms with E-state index in [2.05, 4.69) is 25.6 Å². The summed E-state index contributed by atoms with van der Waals surface area (Å²) in [5.74, 6) is 0. The van der Waals surface area contributed by atoms with E-state index in [1.165, 1.54) is 11.3 Å². The van der Waals surface area contributed by atoms with Crippen LogP contribution in [-0.4, -0.2) is 27.5 Å². The molecule has 4 rings (SSSR count). The third-order valence-corrected chi connectivity index (χ3v) is 5.12. The Labute approximate surface area is 164 Å². The number of urea groups is 1. The Morgan fingerprint density at radius 3 is 2.82 bits per heavy atom. The van der Waals surface area contributed by atoms with Gasteiger partial charge in [-0.05, 0) is 48.4 Å². The highest BCUT2D eigenvalue weighted by Crippen LogP contribution is 2.37. The molecule has 0 aliphatic rings. The van der Waals surface area contributed by atoms with Gasteiger partial charge in [-0.1, -0.05) is 17.4 Å². The highest BCUT2D eigenvalue weighted by Gasteiger charge is 2.15. The van der Waals surface area contributed by atoms with Crippen molar-refractivity contribution in [2.45, 2.75) is 6.92 Å².